The van der Waals surface area contributed by atoms with Gasteiger partial charge >= 0.3 is 0 Å². The maximum absolute atomic E-state index is 12.3. The van der Waals surface area contributed by atoms with E-state index in [1.807, 2.05) is 12.1 Å². The van der Waals surface area contributed by atoms with Crippen molar-refractivity contribution in [2.45, 2.75) is 19.9 Å². The quantitative estimate of drug-likeness (QED) is 0.703. The van der Waals surface area contributed by atoms with Gasteiger partial charge < -0.3 is 11.1 Å². The first-order valence-corrected chi connectivity index (χ1v) is 8.50. The van der Waals surface area contributed by atoms with Gasteiger partial charge in [-0.15, -0.1) is 24.8 Å². The van der Waals surface area contributed by atoms with E-state index in [1.165, 1.54) is 5.56 Å². The summed E-state index contributed by atoms with van der Waals surface area (Å²) >= 11 is 1.68. The highest BCUT2D eigenvalue weighted by Crippen LogP contribution is 2.22. The van der Waals surface area contributed by atoms with E-state index in [-0.39, 0.29) is 36.8 Å². The second-order valence-electron chi connectivity index (χ2n) is 5.09. The second kappa shape index (κ2) is 11.3. The number of hydrogen-bond acceptors (Lipinski definition) is 4. The van der Waals surface area contributed by atoms with Crippen LogP contribution in [0.5, 0.6) is 0 Å². The predicted molar refractivity (Wildman–Crippen MR) is 108 cm³/mol. The smallest absolute Gasteiger partial charge is 0.253 e. The minimum Gasteiger partial charge on any atom is -0.398 e. The van der Waals surface area contributed by atoms with Crippen LogP contribution in [0.1, 0.15) is 35.8 Å². The summed E-state index contributed by atoms with van der Waals surface area (Å²) in [7, 11) is 0. The number of hydrogen-bond donors (Lipinski definition) is 2. The van der Waals surface area contributed by atoms with Crippen LogP contribution in [-0.2, 0) is 0 Å². The number of nitrogens with one attached hydrogen (secondary N) is 1. The Labute approximate surface area is 160 Å². The van der Waals surface area contributed by atoms with Gasteiger partial charge in [0.15, 0.2) is 0 Å². The molecular formula is C17H25Cl2N3OS. The monoisotopic (exact) mass is 389 g/mol. The van der Waals surface area contributed by atoms with Gasteiger partial charge in [0.05, 0.1) is 11.6 Å². The summed E-state index contributed by atoms with van der Waals surface area (Å²) < 4.78 is 0. The van der Waals surface area contributed by atoms with Crippen molar-refractivity contribution in [1.82, 2.24) is 10.2 Å². The van der Waals surface area contributed by atoms with E-state index < -0.39 is 0 Å². The third kappa shape index (κ3) is 5.67. The summed E-state index contributed by atoms with van der Waals surface area (Å²) in [5.74, 6) is -0.120. The molecule has 0 radical (unpaired) electrons. The van der Waals surface area contributed by atoms with E-state index in [9.17, 15) is 4.79 Å². The lowest BCUT2D eigenvalue weighted by atomic mass is 10.1. The maximum atomic E-state index is 12.3. The molecule has 1 heterocycles. The average Bonchev–Trinajstić information content (AvgIpc) is 3.05. The molecule has 0 fully saturated rings. The molecule has 0 aliphatic carbocycles. The molecule has 1 unspecified atom stereocenters. The van der Waals surface area contributed by atoms with Crippen molar-refractivity contribution in [3.05, 3.63) is 52.2 Å². The predicted octanol–water partition coefficient (Wildman–Crippen LogP) is 3.99. The highest BCUT2D eigenvalue weighted by molar-refractivity contribution is 7.07. The molecule has 7 heteroatoms. The van der Waals surface area contributed by atoms with Crippen LogP contribution in [0.4, 0.5) is 5.69 Å². The standard InChI is InChI=1S/C17H23N3OS.2ClH/c1-3-20(4-2)16(13-9-10-22-12-13)11-19-17(21)14-7-5-6-8-15(14)18;;/h5-10,12,16H,3-4,11,18H2,1-2H3,(H,19,21);2*1H. The van der Waals surface area contributed by atoms with Gasteiger partial charge in [-0.1, -0.05) is 26.0 Å². The van der Waals surface area contributed by atoms with E-state index >= 15 is 0 Å². The number of nitrogen functional groups attached to an aromatic ring is 1. The van der Waals surface area contributed by atoms with Crippen molar-refractivity contribution in [2.24, 2.45) is 0 Å². The molecule has 1 atom stereocenters. The molecule has 0 aliphatic heterocycles. The highest BCUT2D eigenvalue weighted by Gasteiger charge is 2.20. The normalized spacial score (nSPS) is 11.3. The third-order valence-electron chi connectivity index (χ3n) is 3.84. The van der Waals surface area contributed by atoms with Crippen molar-refractivity contribution >= 4 is 47.7 Å². The van der Waals surface area contributed by atoms with Crippen molar-refractivity contribution in [3.63, 3.8) is 0 Å². The lowest BCUT2D eigenvalue weighted by Crippen LogP contribution is -2.38. The van der Waals surface area contributed by atoms with E-state index in [1.54, 1.807) is 23.5 Å². The number of amides is 1. The Kier molecular flexibility index (Phi) is 10.7. The molecule has 2 rings (SSSR count). The molecule has 3 N–H and O–H groups in total. The topological polar surface area (TPSA) is 58.4 Å². The summed E-state index contributed by atoms with van der Waals surface area (Å²) in [6.45, 7) is 6.74. The summed E-state index contributed by atoms with van der Waals surface area (Å²) in [6.07, 6.45) is 0. The lowest BCUT2D eigenvalue weighted by Gasteiger charge is -2.29. The zero-order valence-corrected chi connectivity index (χ0v) is 16.3. The van der Waals surface area contributed by atoms with Gasteiger partial charge in [-0.25, -0.2) is 0 Å². The van der Waals surface area contributed by atoms with Crippen LogP contribution in [0.25, 0.3) is 0 Å². The fourth-order valence-electron chi connectivity index (χ4n) is 2.58. The van der Waals surface area contributed by atoms with Gasteiger partial charge in [-0.2, -0.15) is 11.3 Å². The SMILES string of the molecule is CCN(CC)C(CNC(=O)c1ccccc1N)c1ccsc1.Cl.Cl. The number of halogens is 2. The van der Waals surface area contributed by atoms with Gasteiger partial charge in [0.25, 0.3) is 5.91 Å². The van der Waals surface area contributed by atoms with Crippen molar-refractivity contribution in [2.75, 3.05) is 25.4 Å². The third-order valence-corrected chi connectivity index (χ3v) is 4.54. The van der Waals surface area contributed by atoms with Crippen LogP contribution in [-0.4, -0.2) is 30.4 Å². The van der Waals surface area contributed by atoms with E-state index in [4.69, 9.17) is 5.73 Å². The van der Waals surface area contributed by atoms with Crippen molar-refractivity contribution in [3.8, 4) is 0 Å². The van der Waals surface area contributed by atoms with Crippen LogP contribution in [0, 0.1) is 0 Å². The minimum atomic E-state index is -0.120. The first-order valence-electron chi connectivity index (χ1n) is 7.56. The second-order valence-corrected chi connectivity index (χ2v) is 5.87. The first kappa shape index (κ1) is 22.7. The number of nitrogens with two attached hydrogens (primary N) is 1. The Hall–Kier alpha value is -1.27. The van der Waals surface area contributed by atoms with Crippen LogP contribution < -0.4 is 11.1 Å². The molecule has 4 nitrogen and oxygen atoms in total. The molecular weight excluding hydrogens is 365 g/mol. The molecule has 134 valence electrons. The average molecular weight is 390 g/mol. The number of rotatable bonds is 7. The maximum Gasteiger partial charge on any atom is 0.253 e. The largest absolute Gasteiger partial charge is 0.398 e. The summed E-state index contributed by atoms with van der Waals surface area (Å²) in [4.78, 5) is 14.7. The summed E-state index contributed by atoms with van der Waals surface area (Å²) in [5.41, 5.74) is 8.15. The Morgan fingerprint density at radius 3 is 2.42 bits per heavy atom. The molecule has 1 aromatic carbocycles. The number of anilines is 1. The Balaban J connectivity index is 0.00000264. The van der Waals surface area contributed by atoms with Crippen molar-refractivity contribution < 1.29 is 4.79 Å². The highest BCUT2D eigenvalue weighted by atomic mass is 35.5. The van der Waals surface area contributed by atoms with Gasteiger partial charge in [0.2, 0.25) is 0 Å². The van der Waals surface area contributed by atoms with E-state index in [0.717, 1.165) is 13.1 Å². The molecule has 24 heavy (non-hydrogen) atoms. The van der Waals surface area contributed by atoms with Gasteiger partial charge in [0.1, 0.15) is 0 Å². The lowest BCUT2D eigenvalue weighted by molar-refractivity contribution is 0.0936. The van der Waals surface area contributed by atoms with Crippen LogP contribution in [0.15, 0.2) is 41.1 Å². The van der Waals surface area contributed by atoms with Gasteiger partial charge in [0, 0.05) is 12.2 Å². The Morgan fingerprint density at radius 2 is 1.88 bits per heavy atom. The van der Waals surface area contributed by atoms with Crippen molar-refractivity contribution in [1.29, 1.82) is 0 Å². The van der Waals surface area contributed by atoms with Gasteiger partial charge in [-0.05, 0) is 47.6 Å². The number of thiophene rings is 1. The number of carbonyl (C=O) groups is 1. The molecule has 1 aromatic heterocycles. The number of likely N-dealkylation sites (N-methyl/N-ethyl adjacent to an activating group) is 1. The van der Waals surface area contributed by atoms with E-state index in [0.29, 0.717) is 17.8 Å². The fourth-order valence-corrected chi connectivity index (χ4v) is 3.28. The molecule has 0 aliphatic rings. The molecule has 1 amide bonds. The zero-order chi connectivity index (χ0) is 15.9. The molecule has 0 spiro atoms. The Bertz CT molecular complexity index is 604. The molecule has 2 aromatic rings. The number of nitrogens with zero attached hydrogens (tertiary/aromatic N) is 1. The number of carbonyl (C=O) groups excluding carboxylic acids is 1. The van der Waals surface area contributed by atoms with E-state index in [2.05, 4.69) is 40.9 Å². The first-order chi connectivity index (χ1) is 10.7. The summed E-state index contributed by atoms with van der Waals surface area (Å²) in [5, 5.41) is 7.24. The molecule has 0 saturated heterocycles. The Morgan fingerprint density at radius 1 is 1.21 bits per heavy atom. The number of para-hydroxylation sites is 1. The van der Waals surface area contributed by atoms with Gasteiger partial charge in [-0.3, -0.25) is 9.69 Å². The molecule has 0 saturated carbocycles. The van der Waals surface area contributed by atoms with Crippen LogP contribution >= 0.6 is 36.2 Å². The zero-order valence-electron chi connectivity index (χ0n) is 13.9. The molecule has 0 bridgehead atoms. The number of benzene rings is 1. The minimum absolute atomic E-state index is 0. The van der Waals surface area contributed by atoms with Crippen LogP contribution in [0.3, 0.4) is 0 Å². The fraction of sp³-hybridized carbons (Fsp3) is 0.353. The summed E-state index contributed by atoms with van der Waals surface area (Å²) in [6, 6.07) is 9.46. The van der Waals surface area contributed by atoms with Crippen LogP contribution in [0.2, 0.25) is 0 Å².